The second kappa shape index (κ2) is 9.37. The minimum atomic E-state index is -0.161. The van der Waals surface area contributed by atoms with Crippen LogP contribution in [0.3, 0.4) is 0 Å². The van der Waals surface area contributed by atoms with Crippen LogP contribution in [0.4, 0.5) is 0 Å². The third-order valence-electron chi connectivity index (χ3n) is 11.1. The molecule has 0 amide bonds. The highest BCUT2D eigenvalue weighted by atomic mass is 32.1. The maximum absolute atomic E-state index is 2.61. The monoisotopic (exact) mass is 632 g/mol. The molecule has 0 spiro atoms. The Morgan fingerprint density at radius 3 is 2.10 bits per heavy atom. The highest BCUT2D eigenvalue weighted by Crippen LogP contribution is 2.58. The molecule has 3 heterocycles. The van der Waals surface area contributed by atoms with E-state index in [0.717, 1.165) is 12.8 Å². The van der Waals surface area contributed by atoms with Gasteiger partial charge in [-0.1, -0.05) is 105 Å². The van der Waals surface area contributed by atoms with E-state index in [1.54, 1.807) is 0 Å². The Morgan fingerprint density at radius 2 is 1.29 bits per heavy atom. The van der Waals surface area contributed by atoms with Crippen LogP contribution in [0.25, 0.3) is 86.3 Å². The second-order valence-corrected chi connectivity index (χ2v) is 15.1. The SMILES string of the molecule is CC1(C)c2ccccc2-c2c1c1c3ccccc3n(C3=CC=CCC3)c1c1c2c2ccccc2n1-c1ccc2sc3ccccc3c2c1. The normalized spacial score (nSPS) is 15.3. The summed E-state index contributed by atoms with van der Waals surface area (Å²) < 4.78 is 7.87. The fraction of sp³-hybridized carbons (Fsp3) is 0.111. The van der Waals surface area contributed by atoms with Crippen molar-refractivity contribution in [2.45, 2.75) is 32.1 Å². The molecular formula is C45H32N2S. The molecule has 11 rings (SSSR count). The van der Waals surface area contributed by atoms with Crippen LogP contribution < -0.4 is 0 Å². The predicted molar refractivity (Wildman–Crippen MR) is 207 cm³/mol. The molecule has 0 atom stereocenters. The molecule has 9 aromatic rings. The molecule has 3 heteroatoms. The Hall–Kier alpha value is -5.38. The van der Waals surface area contributed by atoms with Gasteiger partial charge in [0.25, 0.3) is 0 Å². The Kier molecular flexibility index (Phi) is 5.20. The minimum Gasteiger partial charge on any atom is -0.311 e. The quantitative estimate of drug-likeness (QED) is 0.179. The standard InChI is InChI=1S/C45H32N2S/c1-45(2)34-20-10-6-17-30(34)39-40-31-18-7-11-21-35(31)47(28-24-25-38-33(26-28)29-16-9-13-23-37(29)48-38)43(40)44-41(42(39)45)32-19-8-12-22-36(32)46(44)27-14-4-3-5-15-27/h3-4,6-14,16-26H,5,15H2,1-2H3. The largest absolute Gasteiger partial charge is 0.311 e. The van der Waals surface area contributed by atoms with Gasteiger partial charge in [0.15, 0.2) is 0 Å². The van der Waals surface area contributed by atoms with E-state index in [1.807, 2.05) is 11.3 Å². The van der Waals surface area contributed by atoms with Crippen molar-refractivity contribution in [1.29, 1.82) is 0 Å². The van der Waals surface area contributed by atoms with Crippen LogP contribution in [0.1, 0.15) is 37.8 Å². The smallest absolute Gasteiger partial charge is 0.0795 e. The van der Waals surface area contributed by atoms with Crippen molar-refractivity contribution in [2.24, 2.45) is 0 Å². The summed E-state index contributed by atoms with van der Waals surface area (Å²) in [5, 5.41) is 8.03. The Morgan fingerprint density at radius 1 is 0.625 bits per heavy atom. The highest BCUT2D eigenvalue weighted by molar-refractivity contribution is 7.25. The first-order chi connectivity index (χ1) is 23.6. The molecule has 0 radical (unpaired) electrons. The summed E-state index contributed by atoms with van der Waals surface area (Å²) in [5.41, 5.74) is 13.2. The van der Waals surface area contributed by atoms with Gasteiger partial charge in [0.1, 0.15) is 0 Å². The average Bonchev–Trinajstić information content (AvgIpc) is 3.84. The maximum atomic E-state index is 2.61. The molecule has 3 aromatic heterocycles. The molecule has 2 aliphatic carbocycles. The Bertz CT molecular complexity index is 2920. The third-order valence-corrected chi connectivity index (χ3v) is 12.3. The summed E-state index contributed by atoms with van der Waals surface area (Å²) in [6, 6.07) is 43.3. The van der Waals surface area contributed by atoms with Gasteiger partial charge in [-0.15, -0.1) is 11.3 Å². The molecule has 2 nitrogen and oxygen atoms in total. The van der Waals surface area contributed by atoms with E-state index in [9.17, 15) is 0 Å². The van der Waals surface area contributed by atoms with Crippen molar-refractivity contribution in [3.63, 3.8) is 0 Å². The van der Waals surface area contributed by atoms with E-state index >= 15 is 0 Å². The summed E-state index contributed by atoms with van der Waals surface area (Å²) >= 11 is 1.88. The van der Waals surface area contributed by atoms with Gasteiger partial charge in [-0.25, -0.2) is 0 Å². The first-order valence-electron chi connectivity index (χ1n) is 17.0. The molecule has 48 heavy (non-hydrogen) atoms. The maximum Gasteiger partial charge on any atom is 0.0795 e. The number of benzene rings is 6. The predicted octanol–water partition coefficient (Wildman–Crippen LogP) is 12.8. The molecule has 2 aliphatic rings. The van der Waals surface area contributed by atoms with E-state index < -0.39 is 0 Å². The molecule has 0 N–H and O–H groups in total. The summed E-state index contributed by atoms with van der Waals surface area (Å²) in [6.07, 6.45) is 8.94. The van der Waals surface area contributed by atoms with E-state index in [2.05, 4.69) is 156 Å². The lowest BCUT2D eigenvalue weighted by Gasteiger charge is -2.24. The molecule has 0 aliphatic heterocycles. The second-order valence-electron chi connectivity index (χ2n) is 14.0. The lowest BCUT2D eigenvalue weighted by Crippen LogP contribution is -2.15. The van der Waals surface area contributed by atoms with Crippen molar-refractivity contribution >= 4 is 80.8 Å². The number of allylic oxidation sites excluding steroid dienone is 4. The summed E-state index contributed by atoms with van der Waals surface area (Å²) in [5.74, 6) is 0. The number of hydrogen-bond acceptors (Lipinski definition) is 1. The van der Waals surface area contributed by atoms with Gasteiger partial charge >= 0.3 is 0 Å². The topological polar surface area (TPSA) is 9.86 Å². The van der Waals surface area contributed by atoms with E-state index in [4.69, 9.17) is 0 Å². The first-order valence-corrected chi connectivity index (χ1v) is 17.8. The molecule has 228 valence electrons. The number of nitrogens with zero attached hydrogens (tertiary/aromatic N) is 2. The summed E-state index contributed by atoms with van der Waals surface area (Å²) in [7, 11) is 0. The third kappa shape index (κ3) is 3.27. The summed E-state index contributed by atoms with van der Waals surface area (Å²) in [4.78, 5) is 0. The molecular weight excluding hydrogens is 601 g/mol. The lowest BCUT2D eigenvalue weighted by molar-refractivity contribution is 0.667. The van der Waals surface area contributed by atoms with Crippen molar-refractivity contribution in [2.75, 3.05) is 0 Å². The zero-order chi connectivity index (χ0) is 31.7. The van der Waals surface area contributed by atoms with Crippen LogP contribution in [0, 0.1) is 0 Å². The molecule has 0 saturated carbocycles. The van der Waals surface area contributed by atoms with Crippen molar-refractivity contribution in [1.82, 2.24) is 9.13 Å². The van der Waals surface area contributed by atoms with E-state index in [-0.39, 0.29) is 5.41 Å². The van der Waals surface area contributed by atoms with Crippen molar-refractivity contribution in [3.8, 4) is 16.8 Å². The van der Waals surface area contributed by atoms with Crippen LogP contribution in [0.2, 0.25) is 0 Å². The van der Waals surface area contributed by atoms with E-state index in [0.29, 0.717) is 0 Å². The van der Waals surface area contributed by atoms with Gasteiger partial charge in [0.05, 0.1) is 22.1 Å². The summed E-state index contributed by atoms with van der Waals surface area (Å²) in [6.45, 7) is 4.87. The van der Waals surface area contributed by atoms with Crippen LogP contribution in [-0.2, 0) is 5.41 Å². The van der Waals surface area contributed by atoms with Crippen LogP contribution >= 0.6 is 11.3 Å². The Balaban J connectivity index is 1.44. The highest BCUT2D eigenvalue weighted by Gasteiger charge is 2.41. The van der Waals surface area contributed by atoms with Gasteiger partial charge in [0, 0.05) is 58.5 Å². The molecule has 0 bridgehead atoms. The van der Waals surface area contributed by atoms with Gasteiger partial charge in [-0.3, -0.25) is 0 Å². The van der Waals surface area contributed by atoms with Crippen molar-refractivity contribution in [3.05, 3.63) is 145 Å². The lowest BCUT2D eigenvalue weighted by atomic mass is 9.80. The number of fused-ring (bicyclic) bond motifs is 15. The molecule has 6 aromatic carbocycles. The number of aromatic nitrogens is 2. The van der Waals surface area contributed by atoms with Gasteiger partial charge in [-0.2, -0.15) is 0 Å². The van der Waals surface area contributed by atoms with Crippen LogP contribution in [0.15, 0.2) is 133 Å². The Labute approximate surface area is 282 Å². The fourth-order valence-corrected chi connectivity index (χ4v) is 10.2. The van der Waals surface area contributed by atoms with Gasteiger partial charge < -0.3 is 9.13 Å². The first kappa shape index (κ1) is 26.7. The average molecular weight is 633 g/mol. The van der Waals surface area contributed by atoms with E-state index in [1.165, 1.54) is 97.4 Å². The fourth-order valence-electron chi connectivity index (χ4n) is 9.16. The zero-order valence-corrected chi connectivity index (χ0v) is 27.7. The molecule has 0 saturated heterocycles. The molecule has 0 fully saturated rings. The number of thiophene rings is 1. The minimum absolute atomic E-state index is 0.161. The number of hydrogen-bond donors (Lipinski definition) is 0. The number of rotatable bonds is 2. The zero-order valence-electron chi connectivity index (χ0n) is 26.9. The van der Waals surface area contributed by atoms with Gasteiger partial charge in [0.2, 0.25) is 0 Å². The van der Waals surface area contributed by atoms with Crippen molar-refractivity contribution < 1.29 is 0 Å². The van der Waals surface area contributed by atoms with Crippen LogP contribution in [-0.4, -0.2) is 9.13 Å². The van der Waals surface area contributed by atoms with Gasteiger partial charge in [-0.05, 0) is 77.6 Å². The van der Waals surface area contributed by atoms with Crippen LogP contribution in [0.5, 0.6) is 0 Å². The number of para-hydroxylation sites is 2. The molecule has 0 unspecified atom stereocenters.